The summed E-state index contributed by atoms with van der Waals surface area (Å²) in [4.78, 5) is 29.7. The highest BCUT2D eigenvalue weighted by Crippen LogP contribution is 2.41. The van der Waals surface area contributed by atoms with Gasteiger partial charge in [-0.05, 0) is 56.4 Å². The van der Waals surface area contributed by atoms with Crippen LogP contribution in [0.5, 0.6) is 0 Å². The highest BCUT2D eigenvalue weighted by atomic mass is 16.2. The lowest BCUT2D eigenvalue weighted by Crippen LogP contribution is -2.50. The van der Waals surface area contributed by atoms with Gasteiger partial charge in [0, 0.05) is 32.6 Å². The van der Waals surface area contributed by atoms with Crippen molar-refractivity contribution >= 4 is 11.8 Å². The summed E-state index contributed by atoms with van der Waals surface area (Å²) in [5, 5.41) is 0. The van der Waals surface area contributed by atoms with E-state index in [0.29, 0.717) is 24.8 Å². The topological polar surface area (TPSA) is 40.6 Å². The van der Waals surface area contributed by atoms with Crippen LogP contribution in [0, 0.1) is 11.3 Å². The van der Waals surface area contributed by atoms with Crippen molar-refractivity contribution in [2.45, 2.75) is 51.4 Å². The third-order valence-corrected chi connectivity index (χ3v) is 6.43. The molecule has 0 aromatic heterocycles. The molecule has 2 heterocycles. The minimum Gasteiger partial charge on any atom is -0.342 e. The number of likely N-dealkylation sites (tertiary alicyclic amines) is 2. The fourth-order valence-electron chi connectivity index (χ4n) is 4.65. The van der Waals surface area contributed by atoms with E-state index in [1.54, 1.807) is 0 Å². The van der Waals surface area contributed by atoms with E-state index in [-0.39, 0.29) is 11.3 Å². The van der Waals surface area contributed by atoms with Gasteiger partial charge in [-0.2, -0.15) is 0 Å². The summed E-state index contributed by atoms with van der Waals surface area (Å²) in [6, 6.07) is 10.5. The Kier molecular flexibility index (Phi) is 5.01. The second-order valence-corrected chi connectivity index (χ2v) is 8.48. The standard InChI is InChI=1S/C22H30N2O2/c25-20(16-19-9-10-19)24-15-12-22(17-24)11-5-14-23(21(22)26)13-4-8-18-6-2-1-3-7-18/h1-3,6-7,19H,4-5,8-17H2/t22-/m0/s1. The summed E-state index contributed by atoms with van der Waals surface area (Å²) in [7, 11) is 0. The van der Waals surface area contributed by atoms with Crippen LogP contribution < -0.4 is 0 Å². The van der Waals surface area contributed by atoms with Gasteiger partial charge in [-0.15, -0.1) is 0 Å². The molecular formula is C22H30N2O2. The molecule has 0 N–H and O–H groups in total. The summed E-state index contributed by atoms with van der Waals surface area (Å²) in [5.41, 5.74) is 1.05. The molecule has 26 heavy (non-hydrogen) atoms. The zero-order chi connectivity index (χ0) is 18.0. The van der Waals surface area contributed by atoms with Crippen molar-refractivity contribution in [2.75, 3.05) is 26.2 Å². The molecule has 0 radical (unpaired) electrons. The summed E-state index contributed by atoms with van der Waals surface area (Å²) in [5.74, 6) is 1.20. The Balaban J connectivity index is 1.31. The highest BCUT2D eigenvalue weighted by molar-refractivity contribution is 5.86. The molecule has 1 spiro atoms. The second kappa shape index (κ2) is 7.42. The lowest BCUT2D eigenvalue weighted by atomic mass is 9.78. The Bertz CT molecular complexity index is 655. The predicted octanol–water partition coefficient (Wildman–Crippen LogP) is 3.26. The van der Waals surface area contributed by atoms with Crippen LogP contribution in [0.1, 0.15) is 50.5 Å². The van der Waals surface area contributed by atoms with Gasteiger partial charge in [-0.3, -0.25) is 9.59 Å². The lowest BCUT2D eigenvalue weighted by Gasteiger charge is -2.39. The minimum atomic E-state index is -0.287. The molecule has 2 amide bonds. The molecule has 3 aliphatic rings. The van der Waals surface area contributed by atoms with Crippen molar-refractivity contribution in [3.63, 3.8) is 0 Å². The molecule has 4 heteroatoms. The van der Waals surface area contributed by atoms with Gasteiger partial charge in [-0.1, -0.05) is 30.3 Å². The van der Waals surface area contributed by atoms with Gasteiger partial charge in [0.05, 0.1) is 5.41 Å². The molecule has 2 saturated heterocycles. The summed E-state index contributed by atoms with van der Waals surface area (Å²) in [6.45, 7) is 3.15. The van der Waals surface area contributed by atoms with E-state index in [1.165, 1.54) is 18.4 Å². The minimum absolute atomic E-state index is 0.276. The van der Waals surface area contributed by atoms with E-state index in [0.717, 1.165) is 51.7 Å². The second-order valence-electron chi connectivity index (χ2n) is 8.48. The average molecular weight is 354 g/mol. The van der Waals surface area contributed by atoms with Crippen LogP contribution >= 0.6 is 0 Å². The van der Waals surface area contributed by atoms with Gasteiger partial charge in [0.15, 0.2) is 0 Å². The summed E-state index contributed by atoms with van der Waals surface area (Å²) in [6.07, 6.45) is 8.02. The monoisotopic (exact) mass is 354 g/mol. The van der Waals surface area contributed by atoms with Crippen molar-refractivity contribution in [1.29, 1.82) is 0 Å². The van der Waals surface area contributed by atoms with E-state index < -0.39 is 0 Å². The number of piperidine rings is 1. The SMILES string of the molecule is O=C(CC1CC1)N1CC[C@@]2(CCCN(CCCc3ccccc3)C2=O)C1. The number of nitrogens with zero attached hydrogens (tertiary/aromatic N) is 2. The maximum absolute atomic E-state index is 13.2. The lowest BCUT2D eigenvalue weighted by molar-refractivity contribution is -0.146. The zero-order valence-corrected chi connectivity index (χ0v) is 15.7. The van der Waals surface area contributed by atoms with Crippen LogP contribution in [-0.2, 0) is 16.0 Å². The van der Waals surface area contributed by atoms with E-state index in [4.69, 9.17) is 0 Å². The normalized spacial score (nSPS) is 25.9. The van der Waals surface area contributed by atoms with Crippen LogP contribution in [-0.4, -0.2) is 47.8 Å². The number of carbonyl (C=O) groups is 2. The first kappa shape index (κ1) is 17.6. The maximum Gasteiger partial charge on any atom is 0.230 e. The fraction of sp³-hybridized carbons (Fsp3) is 0.636. The molecule has 1 atom stereocenters. The first-order chi connectivity index (χ1) is 12.7. The maximum atomic E-state index is 13.2. The van der Waals surface area contributed by atoms with E-state index in [9.17, 15) is 9.59 Å². The molecule has 0 unspecified atom stereocenters. The van der Waals surface area contributed by atoms with Gasteiger partial charge in [0.25, 0.3) is 0 Å². The van der Waals surface area contributed by atoms with Crippen molar-refractivity contribution in [2.24, 2.45) is 11.3 Å². The molecular weight excluding hydrogens is 324 g/mol. The van der Waals surface area contributed by atoms with Crippen LogP contribution in [0.4, 0.5) is 0 Å². The van der Waals surface area contributed by atoms with Crippen molar-refractivity contribution in [3.05, 3.63) is 35.9 Å². The number of benzene rings is 1. The Morgan fingerprint density at radius 2 is 1.92 bits per heavy atom. The molecule has 1 aromatic carbocycles. The van der Waals surface area contributed by atoms with Gasteiger partial charge < -0.3 is 9.80 Å². The first-order valence-electron chi connectivity index (χ1n) is 10.3. The highest BCUT2D eigenvalue weighted by Gasteiger charge is 2.49. The van der Waals surface area contributed by atoms with Crippen LogP contribution in [0.25, 0.3) is 0 Å². The van der Waals surface area contributed by atoms with E-state index >= 15 is 0 Å². The van der Waals surface area contributed by atoms with Crippen LogP contribution in [0.3, 0.4) is 0 Å². The molecule has 2 aliphatic heterocycles. The van der Waals surface area contributed by atoms with Gasteiger partial charge >= 0.3 is 0 Å². The molecule has 4 nitrogen and oxygen atoms in total. The average Bonchev–Trinajstić information content (AvgIpc) is 3.37. The molecule has 140 valence electrons. The zero-order valence-electron chi connectivity index (χ0n) is 15.7. The number of hydrogen-bond acceptors (Lipinski definition) is 2. The number of amides is 2. The van der Waals surface area contributed by atoms with E-state index in [2.05, 4.69) is 29.2 Å². The molecule has 3 fully saturated rings. The molecule has 1 aromatic rings. The number of aryl methyl sites for hydroxylation is 1. The number of carbonyl (C=O) groups excluding carboxylic acids is 2. The van der Waals surface area contributed by atoms with Crippen molar-refractivity contribution in [3.8, 4) is 0 Å². The van der Waals surface area contributed by atoms with Crippen LogP contribution in [0.2, 0.25) is 0 Å². The predicted molar refractivity (Wildman–Crippen MR) is 102 cm³/mol. The Labute approximate surface area is 156 Å². The molecule has 0 bridgehead atoms. The van der Waals surface area contributed by atoms with Gasteiger partial charge in [0.1, 0.15) is 0 Å². The van der Waals surface area contributed by atoms with Gasteiger partial charge in [0.2, 0.25) is 11.8 Å². The molecule has 1 aliphatic carbocycles. The molecule has 4 rings (SSSR count). The fourth-order valence-corrected chi connectivity index (χ4v) is 4.65. The van der Waals surface area contributed by atoms with Crippen molar-refractivity contribution in [1.82, 2.24) is 9.80 Å². The largest absolute Gasteiger partial charge is 0.342 e. The summed E-state index contributed by atoms with van der Waals surface area (Å²) >= 11 is 0. The quantitative estimate of drug-likeness (QED) is 0.787. The van der Waals surface area contributed by atoms with E-state index in [1.807, 2.05) is 11.0 Å². The Morgan fingerprint density at radius 3 is 2.69 bits per heavy atom. The molecule has 1 saturated carbocycles. The first-order valence-corrected chi connectivity index (χ1v) is 10.3. The third kappa shape index (κ3) is 3.79. The van der Waals surface area contributed by atoms with Gasteiger partial charge in [-0.25, -0.2) is 0 Å². The number of rotatable bonds is 6. The third-order valence-electron chi connectivity index (χ3n) is 6.43. The van der Waals surface area contributed by atoms with Crippen LogP contribution in [0.15, 0.2) is 30.3 Å². The Morgan fingerprint density at radius 1 is 1.12 bits per heavy atom. The Hall–Kier alpha value is -1.84. The summed E-state index contributed by atoms with van der Waals surface area (Å²) < 4.78 is 0. The van der Waals surface area contributed by atoms with Crippen molar-refractivity contribution < 1.29 is 9.59 Å². The number of hydrogen-bond donors (Lipinski definition) is 0. The smallest absolute Gasteiger partial charge is 0.230 e.